The Morgan fingerprint density at radius 1 is 1.40 bits per heavy atom. The molecule has 0 bridgehead atoms. The molecule has 1 rings (SSSR count). The fourth-order valence-corrected chi connectivity index (χ4v) is 1.45. The zero-order chi connectivity index (χ0) is 10.9. The number of nitrogens with one attached hydrogen (secondary N) is 1. The van der Waals surface area contributed by atoms with Gasteiger partial charge in [-0.25, -0.2) is 0 Å². The summed E-state index contributed by atoms with van der Waals surface area (Å²) in [7, 11) is 0. The average molecular weight is 275 g/mol. The van der Waals surface area contributed by atoms with E-state index in [0.29, 0.717) is 13.2 Å². The molecule has 1 aromatic heterocycles. The molecule has 0 aromatic carbocycles. The molecule has 1 heterocycles. The standard InChI is InChI=1S/C10H15BrN2O2/c11-9-6-10(8-12-7-9)13-2-1-4-15-5-3-14/h6-8,13-14H,1-5H2. The minimum absolute atomic E-state index is 0.0863. The minimum Gasteiger partial charge on any atom is -0.394 e. The number of aliphatic hydroxyl groups is 1. The third-order valence-electron chi connectivity index (χ3n) is 1.74. The van der Waals surface area contributed by atoms with Crippen molar-refractivity contribution in [1.29, 1.82) is 0 Å². The van der Waals surface area contributed by atoms with Crippen molar-refractivity contribution in [1.82, 2.24) is 4.98 Å². The maximum Gasteiger partial charge on any atom is 0.0697 e. The number of nitrogens with zero attached hydrogens (tertiary/aromatic N) is 1. The van der Waals surface area contributed by atoms with Crippen molar-refractivity contribution in [3.63, 3.8) is 0 Å². The van der Waals surface area contributed by atoms with E-state index in [9.17, 15) is 0 Å². The predicted molar refractivity (Wildman–Crippen MR) is 62.9 cm³/mol. The van der Waals surface area contributed by atoms with Gasteiger partial charge in [0.25, 0.3) is 0 Å². The molecule has 15 heavy (non-hydrogen) atoms. The van der Waals surface area contributed by atoms with Gasteiger partial charge in [-0.1, -0.05) is 0 Å². The molecule has 0 saturated carbocycles. The number of hydrogen-bond acceptors (Lipinski definition) is 4. The van der Waals surface area contributed by atoms with E-state index in [0.717, 1.165) is 23.1 Å². The third kappa shape index (κ3) is 5.71. The van der Waals surface area contributed by atoms with Crippen LogP contribution in [0.4, 0.5) is 5.69 Å². The second kappa shape index (κ2) is 7.62. The Bertz CT molecular complexity index is 284. The van der Waals surface area contributed by atoms with Crippen LogP contribution in [0.2, 0.25) is 0 Å². The summed E-state index contributed by atoms with van der Waals surface area (Å²) in [6.07, 6.45) is 4.43. The van der Waals surface area contributed by atoms with Gasteiger partial charge in [-0.3, -0.25) is 4.98 Å². The lowest BCUT2D eigenvalue weighted by atomic mass is 10.4. The number of aromatic nitrogens is 1. The number of halogens is 1. The van der Waals surface area contributed by atoms with Crippen LogP contribution in [0.15, 0.2) is 22.9 Å². The van der Waals surface area contributed by atoms with E-state index in [2.05, 4.69) is 26.2 Å². The zero-order valence-corrected chi connectivity index (χ0v) is 10.0. The van der Waals surface area contributed by atoms with Crippen molar-refractivity contribution in [2.75, 3.05) is 31.7 Å². The van der Waals surface area contributed by atoms with Crippen molar-refractivity contribution in [3.8, 4) is 0 Å². The van der Waals surface area contributed by atoms with E-state index in [1.165, 1.54) is 0 Å². The van der Waals surface area contributed by atoms with E-state index < -0.39 is 0 Å². The molecule has 5 heteroatoms. The summed E-state index contributed by atoms with van der Waals surface area (Å²) in [5.74, 6) is 0. The second-order valence-corrected chi connectivity index (χ2v) is 3.92. The monoisotopic (exact) mass is 274 g/mol. The van der Waals surface area contributed by atoms with Gasteiger partial charge < -0.3 is 15.2 Å². The number of anilines is 1. The Balaban J connectivity index is 2.10. The lowest BCUT2D eigenvalue weighted by Crippen LogP contribution is -2.07. The van der Waals surface area contributed by atoms with Crippen molar-refractivity contribution >= 4 is 21.6 Å². The molecule has 0 unspecified atom stereocenters. The average Bonchev–Trinajstić information content (AvgIpc) is 2.23. The molecule has 0 aliphatic rings. The third-order valence-corrected chi connectivity index (χ3v) is 2.17. The largest absolute Gasteiger partial charge is 0.394 e. The Labute approximate surface area is 97.8 Å². The summed E-state index contributed by atoms with van der Waals surface area (Å²) in [5.41, 5.74) is 0.992. The first-order chi connectivity index (χ1) is 7.33. The van der Waals surface area contributed by atoms with Crippen molar-refractivity contribution in [2.45, 2.75) is 6.42 Å². The van der Waals surface area contributed by atoms with Crippen LogP contribution in [-0.2, 0) is 4.74 Å². The van der Waals surface area contributed by atoms with Gasteiger partial charge in [-0.15, -0.1) is 0 Å². The van der Waals surface area contributed by atoms with E-state index in [1.807, 2.05) is 6.07 Å². The number of rotatable bonds is 7. The molecule has 0 amide bonds. The molecule has 0 spiro atoms. The van der Waals surface area contributed by atoms with Crippen molar-refractivity contribution in [3.05, 3.63) is 22.9 Å². The van der Waals surface area contributed by atoms with Crippen LogP contribution < -0.4 is 5.32 Å². The van der Waals surface area contributed by atoms with Crippen LogP contribution in [0.1, 0.15) is 6.42 Å². The summed E-state index contributed by atoms with van der Waals surface area (Å²) in [4.78, 5) is 4.04. The summed E-state index contributed by atoms with van der Waals surface area (Å²) in [6.45, 7) is 2.00. The lowest BCUT2D eigenvalue weighted by molar-refractivity contribution is 0.0922. The highest BCUT2D eigenvalue weighted by Crippen LogP contribution is 2.13. The number of ether oxygens (including phenoxy) is 1. The van der Waals surface area contributed by atoms with Gasteiger partial charge in [-0.2, -0.15) is 0 Å². The molecule has 0 atom stereocenters. The van der Waals surface area contributed by atoms with E-state index in [1.54, 1.807) is 12.4 Å². The first kappa shape index (κ1) is 12.4. The topological polar surface area (TPSA) is 54.4 Å². The molecular formula is C10H15BrN2O2. The maximum absolute atomic E-state index is 8.48. The molecule has 0 aliphatic carbocycles. The Kier molecular flexibility index (Phi) is 6.31. The van der Waals surface area contributed by atoms with Crippen LogP contribution in [0.5, 0.6) is 0 Å². The molecule has 2 N–H and O–H groups in total. The zero-order valence-electron chi connectivity index (χ0n) is 8.45. The Morgan fingerprint density at radius 3 is 3.00 bits per heavy atom. The van der Waals surface area contributed by atoms with E-state index >= 15 is 0 Å². The van der Waals surface area contributed by atoms with Gasteiger partial charge >= 0.3 is 0 Å². The first-order valence-electron chi connectivity index (χ1n) is 4.86. The highest BCUT2D eigenvalue weighted by atomic mass is 79.9. The van der Waals surface area contributed by atoms with Gasteiger partial charge in [-0.05, 0) is 28.4 Å². The van der Waals surface area contributed by atoms with Gasteiger partial charge in [0.05, 0.1) is 25.1 Å². The fourth-order valence-electron chi connectivity index (χ4n) is 1.08. The van der Waals surface area contributed by atoms with Crippen LogP contribution >= 0.6 is 15.9 Å². The molecule has 0 saturated heterocycles. The maximum atomic E-state index is 8.48. The summed E-state index contributed by atoms with van der Waals surface area (Å²) in [6, 6.07) is 1.97. The SMILES string of the molecule is OCCOCCCNc1cncc(Br)c1. The van der Waals surface area contributed by atoms with Gasteiger partial charge in [0.15, 0.2) is 0 Å². The van der Waals surface area contributed by atoms with Crippen molar-refractivity contribution < 1.29 is 9.84 Å². The second-order valence-electron chi connectivity index (χ2n) is 3.01. The number of hydrogen-bond donors (Lipinski definition) is 2. The summed E-state index contributed by atoms with van der Waals surface area (Å²) in [5, 5.41) is 11.7. The Morgan fingerprint density at radius 2 is 2.27 bits per heavy atom. The highest BCUT2D eigenvalue weighted by molar-refractivity contribution is 9.10. The summed E-state index contributed by atoms with van der Waals surface area (Å²) >= 11 is 3.35. The first-order valence-corrected chi connectivity index (χ1v) is 5.65. The molecule has 4 nitrogen and oxygen atoms in total. The number of pyridine rings is 1. The van der Waals surface area contributed by atoms with Gasteiger partial charge in [0.2, 0.25) is 0 Å². The molecule has 0 fully saturated rings. The Hall–Kier alpha value is -0.650. The van der Waals surface area contributed by atoms with Crippen LogP contribution in [-0.4, -0.2) is 36.5 Å². The molecule has 0 aliphatic heterocycles. The van der Waals surface area contributed by atoms with Gasteiger partial charge in [0, 0.05) is 23.8 Å². The smallest absolute Gasteiger partial charge is 0.0697 e. The summed E-state index contributed by atoms with van der Waals surface area (Å²) < 4.78 is 6.09. The number of aliphatic hydroxyl groups excluding tert-OH is 1. The molecule has 1 aromatic rings. The van der Waals surface area contributed by atoms with Gasteiger partial charge in [0.1, 0.15) is 0 Å². The van der Waals surface area contributed by atoms with Crippen LogP contribution in [0.3, 0.4) is 0 Å². The fraction of sp³-hybridized carbons (Fsp3) is 0.500. The van der Waals surface area contributed by atoms with Crippen molar-refractivity contribution in [2.24, 2.45) is 0 Å². The normalized spacial score (nSPS) is 10.3. The minimum atomic E-state index is 0.0863. The van der Waals surface area contributed by atoms with Crippen LogP contribution in [0, 0.1) is 0 Å². The lowest BCUT2D eigenvalue weighted by Gasteiger charge is -2.06. The quantitative estimate of drug-likeness (QED) is 0.743. The van der Waals surface area contributed by atoms with E-state index in [-0.39, 0.29) is 6.61 Å². The highest BCUT2D eigenvalue weighted by Gasteiger charge is 1.93. The molecule has 0 radical (unpaired) electrons. The molecule has 84 valence electrons. The predicted octanol–water partition coefficient (Wildman–Crippen LogP) is 1.65. The van der Waals surface area contributed by atoms with Crippen LogP contribution in [0.25, 0.3) is 0 Å². The molecular weight excluding hydrogens is 260 g/mol. The van der Waals surface area contributed by atoms with E-state index in [4.69, 9.17) is 9.84 Å².